The first-order valence-corrected chi connectivity index (χ1v) is 11.2. The van der Waals surface area contributed by atoms with Gasteiger partial charge in [-0.05, 0) is 44.9 Å². The van der Waals surface area contributed by atoms with Gasteiger partial charge in [0.15, 0.2) is 5.16 Å². The first-order valence-electron chi connectivity index (χ1n) is 8.53. The third-order valence-corrected chi connectivity index (χ3v) is 7.09. The number of anilines is 2. The lowest BCUT2D eigenvalue weighted by Gasteiger charge is -2.04. The molecule has 3 rings (SSSR count). The van der Waals surface area contributed by atoms with Crippen LogP contribution >= 0.6 is 34.4 Å². The number of hydrogen-bond donors (Lipinski definition) is 2. The minimum atomic E-state index is -0.376. The van der Waals surface area contributed by atoms with E-state index in [0.29, 0.717) is 27.5 Å². The summed E-state index contributed by atoms with van der Waals surface area (Å²) in [4.78, 5) is 35.5. The second kappa shape index (κ2) is 8.46. The van der Waals surface area contributed by atoms with Crippen LogP contribution in [0.3, 0.4) is 0 Å². The average molecular weight is 437 g/mol. The van der Waals surface area contributed by atoms with Crippen LogP contribution in [0.15, 0.2) is 11.2 Å². The molecular formula is C18H20N4O3S3. The number of aromatic nitrogens is 2. The van der Waals surface area contributed by atoms with Crippen molar-refractivity contribution in [1.82, 2.24) is 9.97 Å². The minimum Gasteiger partial charge on any atom is -0.462 e. The normalized spacial score (nSPS) is 11.0. The lowest BCUT2D eigenvalue weighted by molar-refractivity contribution is -0.113. The predicted molar refractivity (Wildman–Crippen MR) is 116 cm³/mol. The molecule has 3 aromatic rings. The summed E-state index contributed by atoms with van der Waals surface area (Å²) in [7, 11) is 0. The topological polar surface area (TPSA) is 107 Å². The van der Waals surface area contributed by atoms with Gasteiger partial charge in [0.05, 0.1) is 22.7 Å². The van der Waals surface area contributed by atoms with Crippen LogP contribution in [0.1, 0.15) is 32.6 Å². The molecule has 148 valence electrons. The Morgan fingerprint density at radius 1 is 1.25 bits per heavy atom. The van der Waals surface area contributed by atoms with Gasteiger partial charge in [-0.25, -0.2) is 14.8 Å². The van der Waals surface area contributed by atoms with Gasteiger partial charge in [-0.1, -0.05) is 11.8 Å². The second-order valence-electron chi connectivity index (χ2n) is 6.03. The van der Waals surface area contributed by atoms with Crippen LogP contribution in [0, 0.1) is 20.8 Å². The number of esters is 1. The fourth-order valence-corrected chi connectivity index (χ4v) is 5.30. The highest BCUT2D eigenvalue weighted by atomic mass is 32.2. The van der Waals surface area contributed by atoms with Crippen LogP contribution < -0.4 is 11.1 Å². The van der Waals surface area contributed by atoms with E-state index in [-0.39, 0.29) is 17.6 Å². The zero-order valence-corrected chi connectivity index (χ0v) is 18.4. The number of hydrogen-bond acceptors (Lipinski definition) is 9. The maximum Gasteiger partial charge on any atom is 0.348 e. The van der Waals surface area contributed by atoms with Crippen LogP contribution in [0.2, 0.25) is 0 Å². The number of thioether (sulfide) groups is 1. The Morgan fingerprint density at radius 3 is 2.71 bits per heavy atom. The zero-order valence-electron chi connectivity index (χ0n) is 15.9. The Labute approximate surface area is 174 Å². The Hall–Kier alpha value is -2.17. The molecule has 0 bridgehead atoms. The van der Waals surface area contributed by atoms with Crippen LogP contribution in [-0.2, 0) is 9.53 Å². The summed E-state index contributed by atoms with van der Waals surface area (Å²) in [6.07, 6.45) is 0. The summed E-state index contributed by atoms with van der Waals surface area (Å²) in [5.74, 6) is -0.0104. The van der Waals surface area contributed by atoms with Gasteiger partial charge in [0.1, 0.15) is 15.5 Å². The van der Waals surface area contributed by atoms with Gasteiger partial charge in [0, 0.05) is 4.88 Å². The number of nitrogen functional groups attached to an aromatic ring is 1. The smallest absolute Gasteiger partial charge is 0.348 e. The van der Waals surface area contributed by atoms with E-state index in [1.165, 1.54) is 23.1 Å². The maximum atomic E-state index is 12.3. The molecule has 3 heterocycles. The molecule has 0 unspecified atom stereocenters. The van der Waals surface area contributed by atoms with Gasteiger partial charge in [-0.15, -0.1) is 22.7 Å². The van der Waals surface area contributed by atoms with Crippen molar-refractivity contribution in [2.24, 2.45) is 0 Å². The molecule has 0 aliphatic carbocycles. The molecule has 1 amide bonds. The molecule has 0 radical (unpaired) electrons. The Bertz CT molecular complexity index is 1060. The molecule has 3 aromatic heterocycles. The Balaban J connectivity index is 1.66. The zero-order chi connectivity index (χ0) is 20.4. The van der Waals surface area contributed by atoms with E-state index in [0.717, 1.165) is 26.2 Å². The Kier molecular flexibility index (Phi) is 6.21. The fourth-order valence-electron chi connectivity index (χ4n) is 2.57. The molecule has 0 spiro atoms. The van der Waals surface area contributed by atoms with E-state index < -0.39 is 0 Å². The summed E-state index contributed by atoms with van der Waals surface area (Å²) in [6, 6.07) is 1.76. The van der Waals surface area contributed by atoms with Crippen molar-refractivity contribution in [3.05, 3.63) is 26.9 Å². The number of thiophene rings is 2. The number of fused-ring (bicyclic) bond motifs is 1. The average Bonchev–Trinajstić information content (AvgIpc) is 3.13. The van der Waals surface area contributed by atoms with Gasteiger partial charge in [0.2, 0.25) is 5.91 Å². The molecular weight excluding hydrogens is 416 g/mol. The highest BCUT2D eigenvalue weighted by molar-refractivity contribution is 7.99. The quantitative estimate of drug-likeness (QED) is 0.339. The van der Waals surface area contributed by atoms with E-state index in [1.54, 1.807) is 24.3 Å². The fraction of sp³-hybridized carbons (Fsp3) is 0.333. The van der Waals surface area contributed by atoms with Crippen molar-refractivity contribution >= 4 is 67.3 Å². The summed E-state index contributed by atoms with van der Waals surface area (Å²) >= 11 is 3.99. The second-order valence-corrected chi connectivity index (χ2v) is 9.23. The molecule has 0 aliphatic rings. The minimum absolute atomic E-state index is 0.139. The van der Waals surface area contributed by atoms with E-state index in [2.05, 4.69) is 15.3 Å². The highest BCUT2D eigenvalue weighted by Gasteiger charge is 2.17. The number of nitrogens with zero attached hydrogens (tertiary/aromatic N) is 2. The maximum absolute atomic E-state index is 12.3. The van der Waals surface area contributed by atoms with Crippen LogP contribution in [0.4, 0.5) is 10.8 Å². The van der Waals surface area contributed by atoms with Crippen molar-refractivity contribution in [3.8, 4) is 0 Å². The van der Waals surface area contributed by atoms with E-state index >= 15 is 0 Å². The summed E-state index contributed by atoms with van der Waals surface area (Å²) in [5, 5.41) is 4.76. The lowest BCUT2D eigenvalue weighted by Crippen LogP contribution is -2.13. The van der Waals surface area contributed by atoms with Crippen LogP contribution in [0.5, 0.6) is 0 Å². The van der Waals surface area contributed by atoms with Gasteiger partial charge in [-0.3, -0.25) is 4.79 Å². The lowest BCUT2D eigenvalue weighted by atomic mass is 10.2. The first-order chi connectivity index (χ1) is 13.3. The highest BCUT2D eigenvalue weighted by Crippen LogP contribution is 2.33. The van der Waals surface area contributed by atoms with Gasteiger partial charge in [0.25, 0.3) is 0 Å². The predicted octanol–water partition coefficient (Wildman–Crippen LogP) is 4.17. The number of rotatable bonds is 6. The van der Waals surface area contributed by atoms with Crippen LogP contribution in [-0.4, -0.2) is 34.2 Å². The number of ether oxygens (including phenoxy) is 1. The van der Waals surface area contributed by atoms with E-state index in [1.807, 2.05) is 20.8 Å². The molecule has 3 N–H and O–H groups in total. The molecule has 0 saturated heterocycles. The molecule has 0 atom stereocenters. The molecule has 0 aromatic carbocycles. The monoisotopic (exact) mass is 436 g/mol. The number of aryl methyl sites for hydroxylation is 3. The summed E-state index contributed by atoms with van der Waals surface area (Å²) < 4.78 is 5.02. The van der Waals surface area contributed by atoms with E-state index in [9.17, 15) is 9.59 Å². The first kappa shape index (κ1) is 20.6. The van der Waals surface area contributed by atoms with Crippen molar-refractivity contribution in [3.63, 3.8) is 0 Å². The standard InChI is InChI=1S/C18H20N4O3S3/c1-5-25-17(24)14-8(2)6-12(28-14)20-11(23)7-26-18-21-15(19)13-9(3)10(4)27-16(13)22-18/h6H,5,7H2,1-4H3,(H,20,23)(H2,19,21,22). The van der Waals surface area contributed by atoms with Crippen molar-refractivity contribution in [1.29, 1.82) is 0 Å². The van der Waals surface area contributed by atoms with Gasteiger partial charge >= 0.3 is 5.97 Å². The number of nitrogens with one attached hydrogen (secondary N) is 1. The molecule has 28 heavy (non-hydrogen) atoms. The number of carbonyl (C=O) groups excluding carboxylic acids is 2. The largest absolute Gasteiger partial charge is 0.462 e. The third-order valence-electron chi connectivity index (χ3n) is 4.01. The molecule has 0 aliphatic heterocycles. The SMILES string of the molecule is CCOC(=O)c1sc(NC(=O)CSc2nc(N)c3c(C)c(C)sc3n2)cc1C. The molecule has 7 nitrogen and oxygen atoms in total. The van der Waals surface area contributed by atoms with Crippen molar-refractivity contribution in [2.75, 3.05) is 23.4 Å². The van der Waals surface area contributed by atoms with E-state index in [4.69, 9.17) is 10.5 Å². The van der Waals surface area contributed by atoms with Crippen molar-refractivity contribution in [2.45, 2.75) is 32.9 Å². The van der Waals surface area contributed by atoms with Gasteiger partial charge in [-0.2, -0.15) is 0 Å². The Morgan fingerprint density at radius 2 is 2.00 bits per heavy atom. The number of nitrogens with two attached hydrogens (primary N) is 1. The summed E-state index contributed by atoms with van der Waals surface area (Å²) in [6.45, 7) is 7.90. The van der Waals surface area contributed by atoms with Crippen LogP contribution in [0.25, 0.3) is 10.2 Å². The summed E-state index contributed by atoms with van der Waals surface area (Å²) in [5.41, 5.74) is 7.94. The molecule has 0 saturated carbocycles. The third kappa shape index (κ3) is 4.29. The van der Waals surface area contributed by atoms with Crippen molar-refractivity contribution < 1.29 is 14.3 Å². The number of amides is 1. The number of carbonyl (C=O) groups is 2. The van der Waals surface area contributed by atoms with Gasteiger partial charge < -0.3 is 15.8 Å². The molecule has 10 heteroatoms. The molecule has 0 fully saturated rings.